The monoisotopic (exact) mass is 387 g/mol. The number of imidazole rings is 1. The third-order valence-corrected chi connectivity index (χ3v) is 4.75. The smallest absolute Gasteiger partial charge is 0.207 e. The van der Waals surface area contributed by atoms with E-state index in [2.05, 4.69) is 15.0 Å². The molecule has 28 heavy (non-hydrogen) atoms. The van der Waals surface area contributed by atoms with Crippen LogP contribution >= 0.6 is 0 Å². The van der Waals surface area contributed by atoms with Crippen LogP contribution in [0.1, 0.15) is 17.8 Å². The molecule has 3 aromatic rings. The molecule has 1 saturated heterocycles. The zero-order valence-electron chi connectivity index (χ0n) is 14.7. The van der Waals surface area contributed by atoms with Gasteiger partial charge in [0.2, 0.25) is 5.95 Å². The van der Waals surface area contributed by atoms with Crippen molar-refractivity contribution in [2.24, 2.45) is 5.73 Å². The zero-order chi connectivity index (χ0) is 19.8. The van der Waals surface area contributed by atoms with Gasteiger partial charge in [-0.3, -0.25) is 0 Å². The van der Waals surface area contributed by atoms with Gasteiger partial charge in [0, 0.05) is 13.1 Å². The molecule has 3 heterocycles. The maximum Gasteiger partial charge on any atom is 0.207 e. The molecule has 0 bridgehead atoms. The summed E-state index contributed by atoms with van der Waals surface area (Å²) in [5.74, 6) is -0.467. The number of fused-ring (bicyclic) bond motifs is 1. The molecule has 4 rings (SSSR count). The standard InChI is InChI=1S/C18H16F3N7/c19-11-3-10(5-22)17-15(4-11)28(9-16-24-6-12(20)7-25-16)18(26-17)27-2-1-13(21)14(23)8-27/h3-4,6-7,13-14H,1-2,8-9,23H2/t13-,14-/m1/s1. The largest absolute Gasteiger partial charge is 0.340 e. The average molecular weight is 387 g/mol. The van der Waals surface area contributed by atoms with E-state index >= 15 is 0 Å². The summed E-state index contributed by atoms with van der Waals surface area (Å²) in [5, 5.41) is 9.35. The lowest BCUT2D eigenvalue weighted by molar-refractivity contribution is 0.243. The van der Waals surface area contributed by atoms with Gasteiger partial charge in [-0.15, -0.1) is 0 Å². The predicted octanol–water partition coefficient (Wildman–Crippen LogP) is 1.90. The molecule has 1 aromatic carbocycles. The SMILES string of the molecule is N#Cc1cc(F)cc2c1nc(N1CC[C@@H](F)[C@H](N)C1)n2Cc1ncc(F)cn1. The Morgan fingerprint density at radius 3 is 2.64 bits per heavy atom. The summed E-state index contributed by atoms with van der Waals surface area (Å²) in [4.78, 5) is 14.2. The molecule has 1 aliphatic heterocycles. The summed E-state index contributed by atoms with van der Waals surface area (Å²) < 4.78 is 42.6. The van der Waals surface area contributed by atoms with E-state index in [1.807, 2.05) is 6.07 Å². The third-order valence-electron chi connectivity index (χ3n) is 4.75. The van der Waals surface area contributed by atoms with Crippen LogP contribution in [0.4, 0.5) is 19.1 Å². The van der Waals surface area contributed by atoms with Crippen molar-refractivity contribution in [3.63, 3.8) is 0 Å². The fourth-order valence-corrected chi connectivity index (χ4v) is 3.36. The van der Waals surface area contributed by atoms with E-state index in [9.17, 15) is 18.4 Å². The molecule has 2 aromatic heterocycles. The van der Waals surface area contributed by atoms with Gasteiger partial charge in [-0.2, -0.15) is 5.26 Å². The summed E-state index contributed by atoms with van der Waals surface area (Å²) in [6.07, 6.45) is 1.19. The number of hydrogen-bond acceptors (Lipinski definition) is 6. The van der Waals surface area contributed by atoms with Crippen molar-refractivity contribution in [3.05, 3.63) is 47.5 Å². The van der Waals surface area contributed by atoms with Crippen LogP contribution in [0.25, 0.3) is 11.0 Å². The number of anilines is 1. The first-order valence-electron chi connectivity index (χ1n) is 8.67. The Kier molecular flexibility index (Phi) is 4.60. The zero-order valence-corrected chi connectivity index (χ0v) is 14.7. The fraction of sp³-hybridized carbons (Fsp3) is 0.333. The number of halogens is 3. The minimum absolute atomic E-state index is 0.0746. The normalized spacial score (nSPS) is 19.8. The van der Waals surface area contributed by atoms with Crippen LogP contribution in [0.5, 0.6) is 0 Å². The molecule has 0 radical (unpaired) electrons. The molecule has 2 N–H and O–H groups in total. The van der Waals surface area contributed by atoms with Crippen LogP contribution < -0.4 is 10.6 Å². The molecular weight excluding hydrogens is 371 g/mol. The summed E-state index contributed by atoms with van der Waals surface area (Å²) >= 11 is 0. The molecular formula is C18H16F3N7. The second-order valence-corrected chi connectivity index (χ2v) is 6.66. The van der Waals surface area contributed by atoms with E-state index in [0.29, 0.717) is 23.5 Å². The minimum Gasteiger partial charge on any atom is -0.340 e. The van der Waals surface area contributed by atoms with E-state index in [1.54, 1.807) is 9.47 Å². The number of nitrogens with two attached hydrogens (primary N) is 1. The Balaban J connectivity index is 1.85. The second kappa shape index (κ2) is 7.09. The van der Waals surface area contributed by atoms with Gasteiger partial charge in [-0.25, -0.2) is 28.1 Å². The van der Waals surface area contributed by atoms with E-state index in [1.165, 1.54) is 6.07 Å². The van der Waals surface area contributed by atoms with Gasteiger partial charge >= 0.3 is 0 Å². The number of piperidine rings is 1. The number of alkyl halides is 1. The molecule has 0 spiro atoms. The molecule has 0 aliphatic carbocycles. The maximum atomic E-state index is 14.1. The maximum absolute atomic E-state index is 14.1. The van der Waals surface area contributed by atoms with Gasteiger partial charge < -0.3 is 15.2 Å². The van der Waals surface area contributed by atoms with Crippen LogP contribution in [-0.4, -0.2) is 44.8 Å². The number of nitriles is 1. The molecule has 0 amide bonds. The van der Waals surface area contributed by atoms with Crippen molar-refractivity contribution in [2.75, 3.05) is 18.0 Å². The second-order valence-electron chi connectivity index (χ2n) is 6.66. The van der Waals surface area contributed by atoms with Crippen LogP contribution in [0.2, 0.25) is 0 Å². The minimum atomic E-state index is -1.11. The number of benzene rings is 1. The molecule has 0 saturated carbocycles. The summed E-state index contributed by atoms with van der Waals surface area (Å²) in [5.41, 5.74) is 6.64. The Morgan fingerprint density at radius 1 is 1.21 bits per heavy atom. The lowest BCUT2D eigenvalue weighted by atomic mass is 10.1. The molecule has 7 nitrogen and oxygen atoms in total. The molecule has 0 unspecified atom stereocenters. The van der Waals surface area contributed by atoms with Gasteiger partial charge in [0.1, 0.15) is 29.4 Å². The molecule has 2 atom stereocenters. The molecule has 1 fully saturated rings. The average Bonchev–Trinajstić information content (AvgIpc) is 3.03. The van der Waals surface area contributed by atoms with Crippen LogP contribution in [0, 0.1) is 23.0 Å². The first-order valence-corrected chi connectivity index (χ1v) is 8.67. The van der Waals surface area contributed by atoms with Gasteiger partial charge in [0.15, 0.2) is 5.82 Å². The molecule has 10 heteroatoms. The van der Waals surface area contributed by atoms with Crippen molar-refractivity contribution in [3.8, 4) is 6.07 Å². The van der Waals surface area contributed by atoms with Crippen molar-refractivity contribution < 1.29 is 13.2 Å². The van der Waals surface area contributed by atoms with Crippen molar-refractivity contribution in [1.82, 2.24) is 19.5 Å². The van der Waals surface area contributed by atoms with Crippen LogP contribution in [0.3, 0.4) is 0 Å². The Morgan fingerprint density at radius 2 is 1.96 bits per heavy atom. The van der Waals surface area contributed by atoms with Gasteiger partial charge in [-0.05, 0) is 18.6 Å². The molecule has 1 aliphatic rings. The summed E-state index contributed by atoms with van der Waals surface area (Å²) in [6, 6.07) is 3.63. The third kappa shape index (κ3) is 3.25. The first-order chi connectivity index (χ1) is 13.5. The van der Waals surface area contributed by atoms with Gasteiger partial charge in [-0.1, -0.05) is 0 Å². The summed E-state index contributed by atoms with van der Waals surface area (Å²) in [7, 11) is 0. The Bertz CT molecular complexity index is 1060. The predicted molar refractivity (Wildman–Crippen MR) is 95.2 cm³/mol. The van der Waals surface area contributed by atoms with Crippen molar-refractivity contribution in [2.45, 2.75) is 25.2 Å². The van der Waals surface area contributed by atoms with E-state index in [0.717, 1.165) is 18.5 Å². The molecule has 144 valence electrons. The highest BCUT2D eigenvalue weighted by atomic mass is 19.1. The number of aromatic nitrogens is 4. The first kappa shape index (κ1) is 18.2. The Hall–Kier alpha value is -3.19. The highest BCUT2D eigenvalue weighted by Gasteiger charge is 2.30. The van der Waals surface area contributed by atoms with Crippen LogP contribution in [-0.2, 0) is 6.54 Å². The fourth-order valence-electron chi connectivity index (χ4n) is 3.36. The van der Waals surface area contributed by atoms with Crippen molar-refractivity contribution >= 4 is 17.0 Å². The van der Waals surface area contributed by atoms with Gasteiger partial charge in [0.25, 0.3) is 0 Å². The topological polar surface area (TPSA) is 96.7 Å². The highest BCUT2D eigenvalue weighted by molar-refractivity contribution is 5.84. The number of hydrogen-bond donors (Lipinski definition) is 1. The van der Waals surface area contributed by atoms with Crippen LogP contribution in [0.15, 0.2) is 24.5 Å². The van der Waals surface area contributed by atoms with Gasteiger partial charge in [0.05, 0.1) is 36.1 Å². The number of rotatable bonds is 3. The summed E-state index contributed by atoms with van der Waals surface area (Å²) in [6.45, 7) is 0.664. The highest BCUT2D eigenvalue weighted by Crippen LogP contribution is 2.29. The number of nitrogens with zero attached hydrogens (tertiary/aromatic N) is 6. The quantitative estimate of drug-likeness (QED) is 0.737. The van der Waals surface area contributed by atoms with E-state index < -0.39 is 23.8 Å². The lowest BCUT2D eigenvalue weighted by Gasteiger charge is -2.34. The lowest BCUT2D eigenvalue weighted by Crippen LogP contribution is -2.50. The van der Waals surface area contributed by atoms with E-state index in [-0.39, 0.29) is 30.9 Å². The van der Waals surface area contributed by atoms with E-state index in [4.69, 9.17) is 5.73 Å². The van der Waals surface area contributed by atoms with Crippen molar-refractivity contribution in [1.29, 1.82) is 5.26 Å². The Labute approximate surface area is 158 Å².